The van der Waals surface area contributed by atoms with Gasteiger partial charge in [0.1, 0.15) is 0 Å². The molecule has 0 atom stereocenters. The highest BCUT2D eigenvalue weighted by Gasteiger charge is 2.05. The summed E-state index contributed by atoms with van der Waals surface area (Å²) in [6, 6.07) is 16.4. The van der Waals surface area contributed by atoms with Gasteiger partial charge in [0.05, 0.1) is 0 Å². The third-order valence-corrected chi connectivity index (χ3v) is 5.03. The first-order valence-corrected chi connectivity index (χ1v) is 11.8. The van der Waals surface area contributed by atoms with E-state index in [1.165, 1.54) is 31.4 Å². The summed E-state index contributed by atoms with van der Waals surface area (Å²) in [6.45, 7) is 6.67. The van der Waals surface area contributed by atoms with Crippen molar-refractivity contribution in [3.05, 3.63) is 59.7 Å². The van der Waals surface area contributed by atoms with Crippen molar-refractivity contribution in [3.63, 3.8) is 0 Å². The van der Waals surface area contributed by atoms with Crippen LogP contribution in [0.1, 0.15) is 50.7 Å². The van der Waals surface area contributed by atoms with Crippen molar-refractivity contribution in [1.29, 1.82) is 0 Å². The van der Waals surface area contributed by atoms with E-state index in [0.29, 0.717) is 0 Å². The predicted molar refractivity (Wildman–Crippen MR) is 146 cm³/mol. The average molecular weight is 445 g/mol. The van der Waals surface area contributed by atoms with E-state index in [1.54, 1.807) is 0 Å². The maximum atomic E-state index is 3.07. The van der Waals surface area contributed by atoms with Crippen LogP contribution in [-0.2, 0) is 0 Å². The Hall–Kier alpha value is -4.16. The van der Waals surface area contributed by atoms with Gasteiger partial charge in [0.15, 0.2) is 0 Å². The van der Waals surface area contributed by atoms with Crippen LogP contribution in [0.2, 0.25) is 0 Å². The molecule has 0 fully saturated rings. The minimum Gasteiger partial charge on any atom is -0.378 e. The molecule has 0 amide bonds. The summed E-state index contributed by atoms with van der Waals surface area (Å²) in [5, 5.41) is 0. The van der Waals surface area contributed by atoms with Crippen molar-refractivity contribution in [1.82, 2.24) is 0 Å². The molecule has 0 heterocycles. The number of nitrogens with zero attached hydrogens (tertiary/aromatic N) is 2. The summed E-state index contributed by atoms with van der Waals surface area (Å²) in [5.41, 5.74) is 4.27. The van der Waals surface area contributed by atoms with Crippen LogP contribution in [0.5, 0.6) is 0 Å². The van der Waals surface area contributed by atoms with Gasteiger partial charge in [-0.3, -0.25) is 0 Å². The first kappa shape index (κ1) is 26.1. The fourth-order valence-corrected chi connectivity index (χ4v) is 3.06. The summed E-state index contributed by atoms with van der Waals surface area (Å²) in [6.07, 6.45) is 4.84. The molecule has 0 aliphatic rings. The van der Waals surface area contributed by atoms with Crippen molar-refractivity contribution >= 4 is 11.4 Å². The molecular formula is C32H32N2. The zero-order chi connectivity index (χ0) is 24.4. The second-order valence-corrected chi connectivity index (χ2v) is 7.93. The maximum absolute atomic E-state index is 3.07. The molecule has 34 heavy (non-hydrogen) atoms. The van der Waals surface area contributed by atoms with Gasteiger partial charge in [-0.15, -0.1) is 0 Å². The fraction of sp³-hybridized carbons (Fsp3) is 0.312. The average Bonchev–Trinajstić information content (AvgIpc) is 2.86. The second-order valence-electron chi connectivity index (χ2n) is 7.93. The Morgan fingerprint density at radius 1 is 0.529 bits per heavy atom. The van der Waals surface area contributed by atoms with Crippen LogP contribution in [0.4, 0.5) is 11.4 Å². The van der Waals surface area contributed by atoms with Gasteiger partial charge in [-0.25, -0.2) is 0 Å². The number of hydrogen-bond donors (Lipinski definition) is 0. The SMILES string of the molecule is CCCCN(CCCC)c1ccc(C#CC#CC#CC#CC#Cc2ccc(N(C)C)cc2)cc1. The summed E-state index contributed by atoms with van der Waals surface area (Å²) in [7, 11) is 4.01. The van der Waals surface area contributed by atoms with Gasteiger partial charge in [-0.05, 0) is 109 Å². The lowest BCUT2D eigenvalue weighted by atomic mass is 10.1. The number of unbranched alkanes of at least 4 members (excludes halogenated alkanes) is 2. The monoisotopic (exact) mass is 444 g/mol. The lowest BCUT2D eigenvalue weighted by Gasteiger charge is -2.24. The number of hydrogen-bond acceptors (Lipinski definition) is 2. The van der Waals surface area contributed by atoms with E-state index in [1.807, 2.05) is 43.3 Å². The zero-order valence-electron chi connectivity index (χ0n) is 20.8. The number of anilines is 2. The Morgan fingerprint density at radius 2 is 0.912 bits per heavy atom. The first-order chi connectivity index (χ1) is 16.6. The minimum atomic E-state index is 0.922. The van der Waals surface area contributed by atoms with Gasteiger partial charge < -0.3 is 9.80 Å². The third-order valence-electron chi connectivity index (χ3n) is 5.03. The molecule has 0 saturated carbocycles. The predicted octanol–water partition coefficient (Wildman–Crippen LogP) is 5.57. The van der Waals surface area contributed by atoms with E-state index >= 15 is 0 Å². The zero-order valence-corrected chi connectivity index (χ0v) is 20.8. The first-order valence-electron chi connectivity index (χ1n) is 11.8. The van der Waals surface area contributed by atoms with E-state index in [2.05, 4.69) is 102 Å². The summed E-state index contributed by atoms with van der Waals surface area (Å²) in [4.78, 5) is 4.51. The van der Waals surface area contributed by atoms with Crippen LogP contribution < -0.4 is 9.80 Å². The number of benzene rings is 2. The van der Waals surface area contributed by atoms with Crippen LogP contribution in [-0.4, -0.2) is 27.2 Å². The van der Waals surface area contributed by atoms with E-state index in [4.69, 9.17) is 0 Å². The maximum Gasteiger partial charge on any atom is 0.0367 e. The van der Waals surface area contributed by atoms with Crippen molar-refractivity contribution in [2.45, 2.75) is 39.5 Å². The smallest absolute Gasteiger partial charge is 0.0367 e. The van der Waals surface area contributed by atoms with Crippen LogP contribution in [0.3, 0.4) is 0 Å². The normalized spacial score (nSPS) is 8.71. The van der Waals surface area contributed by atoms with Gasteiger partial charge in [0.2, 0.25) is 0 Å². The molecule has 0 aliphatic carbocycles. The highest BCUT2D eigenvalue weighted by Crippen LogP contribution is 2.17. The Balaban J connectivity index is 1.88. The Labute approximate surface area is 206 Å². The quantitative estimate of drug-likeness (QED) is 0.491. The molecule has 0 N–H and O–H groups in total. The van der Waals surface area contributed by atoms with Crippen LogP contribution in [0, 0.1) is 59.2 Å². The third kappa shape index (κ3) is 9.97. The van der Waals surface area contributed by atoms with Crippen LogP contribution in [0.15, 0.2) is 48.5 Å². The molecule has 2 aromatic rings. The van der Waals surface area contributed by atoms with Gasteiger partial charge >= 0.3 is 0 Å². The molecule has 0 saturated heterocycles. The molecule has 0 aliphatic heterocycles. The van der Waals surface area contributed by atoms with E-state index < -0.39 is 0 Å². The molecule has 0 spiro atoms. The van der Waals surface area contributed by atoms with E-state index in [0.717, 1.165) is 29.9 Å². The van der Waals surface area contributed by atoms with Crippen LogP contribution in [0.25, 0.3) is 0 Å². The van der Waals surface area contributed by atoms with Crippen LogP contribution >= 0.6 is 0 Å². The van der Waals surface area contributed by atoms with Gasteiger partial charge in [0, 0.05) is 49.7 Å². The highest BCUT2D eigenvalue weighted by atomic mass is 15.1. The van der Waals surface area contributed by atoms with Crippen molar-refractivity contribution in [3.8, 4) is 59.2 Å². The molecule has 0 unspecified atom stereocenters. The van der Waals surface area contributed by atoms with Crippen molar-refractivity contribution in [2.24, 2.45) is 0 Å². The molecule has 170 valence electrons. The molecule has 2 nitrogen and oxygen atoms in total. The van der Waals surface area contributed by atoms with Gasteiger partial charge in [-0.2, -0.15) is 0 Å². The molecule has 0 bridgehead atoms. The summed E-state index contributed by atoms with van der Waals surface area (Å²) in [5.74, 6) is 28.0. The fourth-order valence-electron chi connectivity index (χ4n) is 3.06. The second kappa shape index (κ2) is 15.6. The van der Waals surface area contributed by atoms with Crippen molar-refractivity contribution < 1.29 is 0 Å². The molecule has 2 heteroatoms. The molecule has 0 aromatic heterocycles. The number of rotatable bonds is 8. The standard InChI is InChI=1S/C32H32N2/c1-5-7-27-34(28-8-6-2)32-25-21-30(22-26-32)18-16-14-12-10-9-11-13-15-17-29-19-23-31(24-20-29)33(3)4/h19-26H,5-8,27-28H2,1-4H3. The van der Waals surface area contributed by atoms with Crippen molar-refractivity contribution in [2.75, 3.05) is 37.0 Å². The summed E-state index contributed by atoms with van der Waals surface area (Å²) >= 11 is 0. The lowest BCUT2D eigenvalue weighted by Crippen LogP contribution is -2.25. The van der Waals surface area contributed by atoms with E-state index in [9.17, 15) is 0 Å². The van der Waals surface area contributed by atoms with E-state index in [-0.39, 0.29) is 0 Å². The van der Waals surface area contributed by atoms with Gasteiger partial charge in [0.25, 0.3) is 0 Å². The Bertz CT molecular complexity index is 1200. The van der Waals surface area contributed by atoms with Gasteiger partial charge in [-0.1, -0.05) is 38.5 Å². The Morgan fingerprint density at radius 3 is 1.29 bits per heavy atom. The Kier molecular flexibility index (Phi) is 12.0. The lowest BCUT2D eigenvalue weighted by molar-refractivity contribution is 0.678. The molecule has 0 radical (unpaired) electrons. The minimum absolute atomic E-state index is 0.922. The molecular weight excluding hydrogens is 412 g/mol. The molecule has 2 rings (SSSR count). The highest BCUT2D eigenvalue weighted by molar-refractivity contribution is 5.53. The largest absolute Gasteiger partial charge is 0.378 e. The topological polar surface area (TPSA) is 6.48 Å². The summed E-state index contributed by atoms with van der Waals surface area (Å²) < 4.78 is 0. The molecule has 2 aromatic carbocycles.